The van der Waals surface area contributed by atoms with Crippen molar-refractivity contribution in [2.75, 3.05) is 5.32 Å². The largest absolute Gasteiger partial charge is 0.325 e. The third-order valence-electron chi connectivity index (χ3n) is 2.36. The summed E-state index contributed by atoms with van der Waals surface area (Å²) < 4.78 is 0. The molecule has 0 aliphatic heterocycles. The lowest BCUT2D eigenvalue weighted by Gasteiger charge is -2.07. The van der Waals surface area contributed by atoms with Gasteiger partial charge in [-0.15, -0.1) is 10.2 Å². The van der Waals surface area contributed by atoms with Crippen molar-refractivity contribution in [2.24, 2.45) is 0 Å². The summed E-state index contributed by atoms with van der Waals surface area (Å²) in [6, 6.07) is 5.86. The highest BCUT2D eigenvalue weighted by molar-refractivity contribution is 5.92. The number of tetrazole rings is 1. The summed E-state index contributed by atoms with van der Waals surface area (Å²) in [7, 11) is 0. The van der Waals surface area contributed by atoms with Crippen molar-refractivity contribution in [2.45, 2.75) is 20.3 Å². The van der Waals surface area contributed by atoms with E-state index in [0.717, 1.165) is 11.3 Å². The third-order valence-corrected chi connectivity index (χ3v) is 2.36. The second kappa shape index (κ2) is 4.73. The van der Waals surface area contributed by atoms with Gasteiger partial charge in [0.25, 0.3) is 0 Å². The van der Waals surface area contributed by atoms with Gasteiger partial charge >= 0.3 is 0 Å². The summed E-state index contributed by atoms with van der Waals surface area (Å²) in [5, 5.41) is 16.0. The van der Waals surface area contributed by atoms with Crippen LogP contribution in [-0.4, -0.2) is 26.5 Å². The first-order chi connectivity index (χ1) is 8.15. The van der Waals surface area contributed by atoms with Crippen molar-refractivity contribution in [3.8, 4) is 0 Å². The van der Waals surface area contributed by atoms with Gasteiger partial charge in [-0.1, -0.05) is 22.9 Å². The standard InChI is InChI=1S/C11H13N5O/c1-7-3-4-9(8(2)5-7)12-11(17)6-10-13-15-16-14-10/h3-5H,6H2,1-2H3,(H,12,17)(H,13,14,15,16). The molecule has 1 amide bonds. The van der Waals surface area contributed by atoms with Gasteiger partial charge in [0.15, 0.2) is 5.82 Å². The maximum Gasteiger partial charge on any atom is 0.232 e. The predicted octanol–water partition coefficient (Wildman–Crippen LogP) is 0.998. The number of H-pyrrole nitrogens is 1. The molecule has 0 saturated carbocycles. The van der Waals surface area contributed by atoms with Gasteiger partial charge in [-0.2, -0.15) is 5.21 Å². The van der Waals surface area contributed by atoms with Gasteiger partial charge in [0, 0.05) is 5.69 Å². The number of carbonyl (C=O) groups excluding carboxylic acids is 1. The number of aromatic amines is 1. The van der Waals surface area contributed by atoms with Gasteiger partial charge in [0.05, 0.1) is 6.42 Å². The molecule has 6 nitrogen and oxygen atoms in total. The monoisotopic (exact) mass is 231 g/mol. The highest BCUT2D eigenvalue weighted by atomic mass is 16.1. The molecule has 6 heteroatoms. The Balaban J connectivity index is 2.03. The topological polar surface area (TPSA) is 83.6 Å². The normalized spacial score (nSPS) is 10.2. The summed E-state index contributed by atoms with van der Waals surface area (Å²) in [5.41, 5.74) is 3.01. The van der Waals surface area contributed by atoms with E-state index in [2.05, 4.69) is 25.9 Å². The smallest absolute Gasteiger partial charge is 0.232 e. The van der Waals surface area contributed by atoms with E-state index in [-0.39, 0.29) is 12.3 Å². The van der Waals surface area contributed by atoms with Crippen LogP contribution in [0.1, 0.15) is 17.0 Å². The average Bonchev–Trinajstić information content (AvgIpc) is 2.75. The second-order valence-electron chi connectivity index (χ2n) is 3.87. The van der Waals surface area contributed by atoms with E-state index in [1.165, 1.54) is 5.56 Å². The summed E-state index contributed by atoms with van der Waals surface area (Å²) >= 11 is 0. The fraction of sp³-hybridized carbons (Fsp3) is 0.273. The van der Waals surface area contributed by atoms with Crippen LogP contribution in [0, 0.1) is 13.8 Å². The van der Waals surface area contributed by atoms with Gasteiger partial charge in [0.1, 0.15) is 0 Å². The zero-order valence-corrected chi connectivity index (χ0v) is 9.69. The van der Waals surface area contributed by atoms with Crippen molar-refractivity contribution >= 4 is 11.6 Å². The van der Waals surface area contributed by atoms with E-state index < -0.39 is 0 Å². The molecule has 0 atom stereocenters. The van der Waals surface area contributed by atoms with Crippen molar-refractivity contribution in [1.29, 1.82) is 0 Å². The van der Waals surface area contributed by atoms with Crippen LogP contribution in [0.3, 0.4) is 0 Å². The van der Waals surface area contributed by atoms with Gasteiger partial charge in [-0.25, -0.2) is 0 Å². The molecule has 2 aromatic rings. The van der Waals surface area contributed by atoms with E-state index in [1.807, 2.05) is 32.0 Å². The Morgan fingerprint density at radius 3 is 2.88 bits per heavy atom. The maximum atomic E-state index is 11.7. The molecule has 1 aromatic heterocycles. The van der Waals surface area contributed by atoms with Gasteiger partial charge in [0.2, 0.25) is 5.91 Å². The minimum Gasteiger partial charge on any atom is -0.325 e. The van der Waals surface area contributed by atoms with E-state index in [9.17, 15) is 4.79 Å². The van der Waals surface area contributed by atoms with Crippen LogP contribution in [-0.2, 0) is 11.2 Å². The highest BCUT2D eigenvalue weighted by Gasteiger charge is 2.08. The Labute approximate surface area is 98.4 Å². The van der Waals surface area contributed by atoms with Crippen LogP contribution in [0.2, 0.25) is 0 Å². The lowest BCUT2D eigenvalue weighted by molar-refractivity contribution is -0.115. The number of nitrogens with zero attached hydrogens (tertiary/aromatic N) is 3. The number of anilines is 1. The lowest BCUT2D eigenvalue weighted by atomic mass is 10.1. The molecule has 88 valence electrons. The predicted molar refractivity (Wildman–Crippen MR) is 62.4 cm³/mol. The number of amides is 1. The first-order valence-electron chi connectivity index (χ1n) is 5.24. The number of hydrogen-bond donors (Lipinski definition) is 2. The Kier molecular flexibility index (Phi) is 3.13. The van der Waals surface area contributed by atoms with Crippen LogP contribution in [0.15, 0.2) is 18.2 Å². The number of hydrogen-bond acceptors (Lipinski definition) is 4. The summed E-state index contributed by atoms with van der Waals surface area (Å²) in [6.07, 6.45) is 0.115. The average molecular weight is 231 g/mol. The van der Waals surface area contributed by atoms with Gasteiger partial charge in [-0.3, -0.25) is 4.79 Å². The minimum atomic E-state index is -0.154. The van der Waals surface area contributed by atoms with Crippen molar-refractivity contribution < 1.29 is 4.79 Å². The molecule has 1 aromatic carbocycles. The zero-order chi connectivity index (χ0) is 12.3. The van der Waals surface area contributed by atoms with E-state index in [4.69, 9.17) is 0 Å². The third kappa shape index (κ3) is 2.87. The molecule has 0 saturated heterocycles. The SMILES string of the molecule is Cc1ccc(NC(=O)Cc2nn[nH]n2)c(C)c1. The van der Waals surface area contributed by atoms with Crippen molar-refractivity contribution in [3.05, 3.63) is 35.2 Å². The van der Waals surface area contributed by atoms with Gasteiger partial charge < -0.3 is 5.32 Å². The fourth-order valence-electron chi connectivity index (χ4n) is 1.55. The molecule has 0 aliphatic rings. The highest BCUT2D eigenvalue weighted by Crippen LogP contribution is 2.15. The minimum absolute atomic E-state index is 0.115. The molecule has 2 N–H and O–H groups in total. The quantitative estimate of drug-likeness (QED) is 0.825. The molecule has 0 bridgehead atoms. The molecular weight excluding hydrogens is 218 g/mol. The molecule has 0 radical (unpaired) electrons. The summed E-state index contributed by atoms with van der Waals surface area (Å²) in [4.78, 5) is 11.7. The molecule has 0 fully saturated rings. The van der Waals surface area contributed by atoms with Crippen LogP contribution in [0.4, 0.5) is 5.69 Å². The fourth-order valence-corrected chi connectivity index (χ4v) is 1.55. The van der Waals surface area contributed by atoms with Crippen LogP contribution < -0.4 is 5.32 Å². The first-order valence-corrected chi connectivity index (χ1v) is 5.24. The maximum absolute atomic E-state index is 11.7. The molecule has 2 rings (SSSR count). The zero-order valence-electron chi connectivity index (χ0n) is 9.69. The van der Waals surface area contributed by atoms with E-state index in [0.29, 0.717) is 5.82 Å². The van der Waals surface area contributed by atoms with Gasteiger partial charge in [-0.05, 0) is 25.5 Å². The summed E-state index contributed by atoms with van der Waals surface area (Å²) in [5.74, 6) is 0.227. The number of nitrogens with one attached hydrogen (secondary N) is 2. The number of carbonyl (C=O) groups is 1. The molecular formula is C11H13N5O. The molecule has 1 heterocycles. The van der Waals surface area contributed by atoms with Crippen LogP contribution in [0.25, 0.3) is 0 Å². The first kappa shape index (κ1) is 11.3. The Bertz CT molecular complexity index is 521. The number of rotatable bonds is 3. The molecule has 0 aliphatic carbocycles. The number of aromatic nitrogens is 4. The number of benzene rings is 1. The summed E-state index contributed by atoms with van der Waals surface area (Å²) in [6.45, 7) is 3.97. The molecule has 17 heavy (non-hydrogen) atoms. The molecule has 0 spiro atoms. The van der Waals surface area contributed by atoms with E-state index in [1.54, 1.807) is 0 Å². The molecule has 0 unspecified atom stereocenters. The lowest BCUT2D eigenvalue weighted by Crippen LogP contribution is -2.16. The number of aryl methyl sites for hydroxylation is 2. The van der Waals surface area contributed by atoms with E-state index >= 15 is 0 Å². The second-order valence-corrected chi connectivity index (χ2v) is 3.87. The Morgan fingerprint density at radius 1 is 1.41 bits per heavy atom. The Morgan fingerprint density at radius 2 is 2.24 bits per heavy atom. The van der Waals surface area contributed by atoms with Crippen molar-refractivity contribution in [3.63, 3.8) is 0 Å². The van der Waals surface area contributed by atoms with Crippen molar-refractivity contribution in [1.82, 2.24) is 20.6 Å². The Hall–Kier alpha value is -2.24. The van der Waals surface area contributed by atoms with Crippen LogP contribution >= 0.6 is 0 Å². The van der Waals surface area contributed by atoms with Crippen LogP contribution in [0.5, 0.6) is 0 Å².